The van der Waals surface area contributed by atoms with Crippen LogP contribution in [0.25, 0.3) is 11.0 Å². The van der Waals surface area contributed by atoms with Gasteiger partial charge in [-0.15, -0.1) is 0 Å². The van der Waals surface area contributed by atoms with Crippen molar-refractivity contribution in [1.29, 1.82) is 5.26 Å². The molecule has 9 heteroatoms. The number of nitriles is 1. The second-order valence-corrected chi connectivity index (χ2v) is 10.6. The fourth-order valence-electron chi connectivity index (χ4n) is 5.44. The van der Waals surface area contributed by atoms with Crippen molar-refractivity contribution in [2.75, 3.05) is 18.0 Å². The summed E-state index contributed by atoms with van der Waals surface area (Å²) in [5, 5.41) is 10.0. The van der Waals surface area contributed by atoms with Gasteiger partial charge in [-0.25, -0.2) is 13.8 Å². The first-order valence-corrected chi connectivity index (χ1v) is 13.1. The molecule has 0 spiro atoms. The summed E-state index contributed by atoms with van der Waals surface area (Å²) in [6.45, 7) is 5.23. The van der Waals surface area contributed by atoms with E-state index in [0.29, 0.717) is 34.4 Å². The highest BCUT2D eigenvalue weighted by atomic mass is 79.9. The number of pyridine rings is 2. The third-order valence-electron chi connectivity index (χ3n) is 7.32. The van der Waals surface area contributed by atoms with Gasteiger partial charge in [0.2, 0.25) is 0 Å². The maximum absolute atomic E-state index is 13.8. The molecule has 0 N–H and O–H groups in total. The van der Waals surface area contributed by atoms with Crippen molar-refractivity contribution in [1.82, 2.24) is 14.5 Å². The number of benzene rings is 2. The molecule has 0 bridgehead atoms. The number of rotatable bonds is 4. The summed E-state index contributed by atoms with van der Waals surface area (Å²) in [7, 11) is 1.64. The summed E-state index contributed by atoms with van der Waals surface area (Å²) < 4.78 is 29.6. The Balaban J connectivity index is 1.59. The summed E-state index contributed by atoms with van der Waals surface area (Å²) in [5.74, 6) is -0.642. The molecule has 1 fully saturated rings. The van der Waals surface area contributed by atoms with E-state index in [0.717, 1.165) is 11.1 Å². The quantitative estimate of drug-likeness (QED) is 0.298. The van der Waals surface area contributed by atoms with E-state index in [-0.39, 0.29) is 40.9 Å². The van der Waals surface area contributed by atoms with Crippen molar-refractivity contribution < 1.29 is 8.78 Å². The molecule has 3 heterocycles. The zero-order valence-electron chi connectivity index (χ0n) is 21.2. The van der Waals surface area contributed by atoms with Crippen LogP contribution < -0.4 is 10.5 Å². The fourth-order valence-corrected chi connectivity index (χ4v) is 5.75. The number of aryl methyl sites for hydroxylation is 1. The van der Waals surface area contributed by atoms with Crippen LogP contribution in [0.3, 0.4) is 0 Å². The molecular weight excluding hydrogens is 552 g/mol. The monoisotopic (exact) mass is 577 g/mol. The van der Waals surface area contributed by atoms with E-state index in [1.54, 1.807) is 37.4 Å². The third-order valence-corrected chi connectivity index (χ3v) is 7.76. The van der Waals surface area contributed by atoms with E-state index >= 15 is 0 Å². The molecule has 1 aliphatic heterocycles. The Hall–Kier alpha value is -3.61. The van der Waals surface area contributed by atoms with Crippen molar-refractivity contribution in [3.63, 3.8) is 0 Å². The topological polar surface area (TPSA) is 65.2 Å². The van der Waals surface area contributed by atoms with E-state index < -0.39 is 0 Å². The molecule has 0 aliphatic carbocycles. The Morgan fingerprint density at radius 3 is 2.08 bits per heavy atom. The Morgan fingerprint density at radius 1 is 0.947 bits per heavy atom. The zero-order chi connectivity index (χ0) is 27.1. The van der Waals surface area contributed by atoms with Crippen molar-refractivity contribution in [2.24, 2.45) is 7.05 Å². The lowest BCUT2D eigenvalue weighted by atomic mass is 9.93. The number of aromatic nitrogens is 2. The normalized spacial score (nSPS) is 18.2. The molecule has 1 unspecified atom stereocenters. The SMILES string of the molecule is CC1CN(c2c(C#N)c(=O)n(C)c3ccc(Br)nc23)[C@@H](C)CN1C(c1ccc(F)cc1)c1ccc(F)cc1. The maximum Gasteiger partial charge on any atom is 0.270 e. The van der Waals surface area contributed by atoms with Crippen LogP contribution in [0.1, 0.15) is 36.6 Å². The molecule has 6 nitrogen and oxygen atoms in total. The molecular formula is C29H26BrF2N5O. The van der Waals surface area contributed by atoms with Gasteiger partial charge in [-0.05, 0) is 77.3 Å². The number of fused-ring (bicyclic) bond motifs is 1. The molecule has 194 valence electrons. The number of hydrogen-bond donors (Lipinski definition) is 0. The van der Waals surface area contributed by atoms with Gasteiger partial charge < -0.3 is 9.47 Å². The largest absolute Gasteiger partial charge is 0.363 e. The lowest BCUT2D eigenvalue weighted by Gasteiger charge is -2.48. The molecule has 0 radical (unpaired) electrons. The van der Waals surface area contributed by atoms with Crippen molar-refractivity contribution in [3.05, 3.63) is 104 Å². The minimum absolute atomic E-state index is 0.0379. The first-order valence-electron chi connectivity index (χ1n) is 12.3. The molecule has 4 aromatic rings. The highest BCUT2D eigenvalue weighted by molar-refractivity contribution is 9.10. The summed E-state index contributed by atoms with van der Waals surface area (Å²) >= 11 is 3.44. The third kappa shape index (κ3) is 4.59. The highest BCUT2D eigenvalue weighted by Gasteiger charge is 2.37. The first kappa shape index (κ1) is 26.0. The van der Waals surface area contributed by atoms with Gasteiger partial charge in [-0.3, -0.25) is 9.69 Å². The van der Waals surface area contributed by atoms with Gasteiger partial charge in [0.1, 0.15) is 33.4 Å². The first-order chi connectivity index (χ1) is 18.2. The van der Waals surface area contributed by atoms with Crippen LogP contribution in [0.2, 0.25) is 0 Å². The van der Waals surface area contributed by atoms with Crippen LogP contribution >= 0.6 is 15.9 Å². The number of nitrogens with zero attached hydrogens (tertiary/aromatic N) is 5. The standard InChI is InChI=1S/C29H26BrF2N5O/c1-17-16-37(28-23(14-33)29(38)35(3)24-12-13-25(30)34-26(24)28)18(2)15-36(17)27(19-4-8-21(31)9-5-19)20-6-10-22(32)11-7-20/h4-13,17-18,27H,15-16H2,1-3H3/t17?,18-/m0/s1. The molecule has 2 aromatic carbocycles. The number of halogens is 3. The van der Waals surface area contributed by atoms with Crippen molar-refractivity contribution >= 4 is 32.7 Å². The smallest absolute Gasteiger partial charge is 0.270 e. The van der Waals surface area contributed by atoms with E-state index in [4.69, 9.17) is 0 Å². The summed E-state index contributed by atoms with van der Waals surface area (Å²) in [6, 6.07) is 18.1. The fraction of sp³-hybridized carbons (Fsp3) is 0.276. The summed E-state index contributed by atoms with van der Waals surface area (Å²) in [4.78, 5) is 22.2. The van der Waals surface area contributed by atoms with E-state index in [1.165, 1.54) is 28.8 Å². The highest BCUT2D eigenvalue weighted by Crippen LogP contribution is 2.37. The number of piperazine rings is 1. The number of hydrogen-bond acceptors (Lipinski definition) is 5. The van der Waals surface area contributed by atoms with Crippen LogP contribution in [-0.4, -0.2) is 39.6 Å². The van der Waals surface area contributed by atoms with Crippen LogP contribution in [-0.2, 0) is 7.05 Å². The molecule has 1 aliphatic rings. The van der Waals surface area contributed by atoms with Gasteiger partial charge in [-0.1, -0.05) is 24.3 Å². The zero-order valence-corrected chi connectivity index (χ0v) is 22.8. The lowest BCUT2D eigenvalue weighted by Crippen LogP contribution is -2.58. The van der Waals surface area contributed by atoms with Gasteiger partial charge in [-0.2, -0.15) is 5.26 Å². The van der Waals surface area contributed by atoms with E-state index in [1.807, 2.05) is 13.0 Å². The van der Waals surface area contributed by atoms with Gasteiger partial charge in [0.25, 0.3) is 5.56 Å². The molecule has 2 aromatic heterocycles. The molecule has 38 heavy (non-hydrogen) atoms. The second-order valence-electron chi connectivity index (χ2n) is 9.75. The Bertz CT molecular complexity index is 1550. The predicted octanol–water partition coefficient (Wildman–Crippen LogP) is 5.53. The summed E-state index contributed by atoms with van der Waals surface area (Å²) in [5.41, 5.74) is 3.25. The summed E-state index contributed by atoms with van der Waals surface area (Å²) in [6.07, 6.45) is 0. The van der Waals surface area contributed by atoms with Crippen LogP contribution in [0.5, 0.6) is 0 Å². The molecule has 2 atom stereocenters. The maximum atomic E-state index is 13.8. The molecule has 5 rings (SSSR count). The lowest BCUT2D eigenvalue weighted by molar-refractivity contribution is 0.130. The Kier molecular flexibility index (Phi) is 7.03. The molecule has 0 amide bonds. The van der Waals surface area contributed by atoms with Crippen LogP contribution in [0.15, 0.2) is 70.1 Å². The van der Waals surface area contributed by atoms with Crippen LogP contribution in [0, 0.1) is 23.0 Å². The average Bonchev–Trinajstić information content (AvgIpc) is 2.90. The van der Waals surface area contributed by atoms with E-state index in [9.17, 15) is 18.8 Å². The minimum Gasteiger partial charge on any atom is -0.363 e. The second kappa shape index (κ2) is 10.3. The predicted molar refractivity (Wildman–Crippen MR) is 147 cm³/mol. The Morgan fingerprint density at radius 2 is 1.53 bits per heavy atom. The average molecular weight is 578 g/mol. The van der Waals surface area contributed by atoms with Gasteiger partial charge in [0, 0.05) is 32.2 Å². The Labute approximate surface area is 227 Å². The molecule has 0 saturated carbocycles. The molecule has 1 saturated heterocycles. The number of anilines is 1. The van der Waals surface area contributed by atoms with E-state index in [2.05, 4.69) is 43.7 Å². The van der Waals surface area contributed by atoms with Crippen molar-refractivity contribution in [3.8, 4) is 6.07 Å². The van der Waals surface area contributed by atoms with Gasteiger partial charge in [0.15, 0.2) is 0 Å². The van der Waals surface area contributed by atoms with Gasteiger partial charge in [0.05, 0.1) is 17.2 Å². The van der Waals surface area contributed by atoms with Gasteiger partial charge >= 0.3 is 0 Å². The van der Waals surface area contributed by atoms with Crippen LogP contribution in [0.4, 0.5) is 14.5 Å². The minimum atomic E-state index is -0.364. The van der Waals surface area contributed by atoms with Crippen molar-refractivity contribution in [2.45, 2.75) is 32.0 Å².